The fraction of sp³-hybridized carbons (Fsp3) is 0.257. The van der Waals surface area contributed by atoms with Gasteiger partial charge in [-0.05, 0) is 48.2 Å². The van der Waals surface area contributed by atoms with E-state index in [1.165, 1.54) is 54.7 Å². The van der Waals surface area contributed by atoms with Crippen molar-refractivity contribution in [1.82, 2.24) is 25.6 Å². The Kier molecular flexibility index (Phi) is 10.3. The van der Waals surface area contributed by atoms with Gasteiger partial charge < -0.3 is 30.4 Å². The molecular formula is C35H31F5N6O4. The van der Waals surface area contributed by atoms with Crippen LogP contribution < -0.4 is 16.0 Å². The minimum atomic E-state index is -1.39. The first-order valence-electron chi connectivity index (χ1n) is 15.6. The number of anilines is 1. The molecule has 0 bridgehead atoms. The third kappa shape index (κ3) is 7.74. The van der Waals surface area contributed by atoms with Crippen LogP contribution in [0.1, 0.15) is 40.9 Å². The molecule has 50 heavy (non-hydrogen) atoms. The largest absolute Gasteiger partial charge is 0.453 e. The molecule has 0 spiro atoms. The van der Waals surface area contributed by atoms with Crippen molar-refractivity contribution in [3.63, 3.8) is 0 Å². The maximum absolute atomic E-state index is 15.2. The average Bonchev–Trinajstić information content (AvgIpc) is 3.52. The van der Waals surface area contributed by atoms with Crippen LogP contribution >= 0.6 is 0 Å². The highest BCUT2D eigenvalue weighted by Crippen LogP contribution is 2.31. The van der Waals surface area contributed by atoms with Crippen molar-refractivity contribution in [2.75, 3.05) is 25.6 Å². The van der Waals surface area contributed by atoms with Crippen molar-refractivity contribution in [2.45, 2.75) is 36.9 Å². The maximum atomic E-state index is 15.2. The SMILES string of the molecule is COC(=O)N[C@H](C(=O)Nc1cncc(F)c1CC[C@@H]1CN[C@H](c2nc3cc(F)c(F)cc3[nH]2)CO1)C(c1ccc(F)cc1)c1ccc(F)cc1. The lowest BCUT2D eigenvalue weighted by Gasteiger charge is -2.30. The van der Waals surface area contributed by atoms with Crippen LogP contribution in [0.15, 0.2) is 73.1 Å². The third-order valence-corrected chi connectivity index (χ3v) is 8.47. The molecule has 0 aliphatic carbocycles. The van der Waals surface area contributed by atoms with Gasteiger partial charge in [0.2, 0.25) is 5.91 Å². The topological polar surface area (TPSA) is 130 Å². The number of H-pyrrole nitrogens is 1. The number of nitrogens with zero attached hydrogens (tertiary/aromatic N) is 2. The first kappa shape index (κ1) is 34.5. The van der Waals surface area contributed by atoms with E-state index in [2.05, 4.69) is 30.9 Å². The Morgan fingerprint density at radius 1 is 0.940 bits per heavy atom. The van der Waals surface area contributed by atoms with Gasteiger partial charge in [-0.25, -0.2) is 31.7 Å². The Hall–Kier alpha value is -5.41. The van der Waals surface area contributed by atoms with Gasteiger partial charge in [0.05, 0.1) is 55.0 Å². The van der Waals surface area contributed by atoms with Crippen molar-refractivity contribution in [1.29, 1.82) is 0 Å². The van der Waals surface area contributed by atoms with Gasteiger partial charge in [0.15, 0.2) is 11.6 Å². The number of imidazole rings is 1. The summed E-state index contributed by atoms with van der Waals surface area (Å²) in [6.45, 7) is 0.522. The van der Waals surface area contributed by atoms with Crippen LogP contribution in [0.4, 0.5) is 32.4 Å². The van der Waals surface area contributed by atoms with Crippen LogP contribution in [-0.4, -0.2) is 59.4 Å². The normalized spacial score (nSPS) is 16.7. The lowest BCUT2D eigenvalue weighted by Crippen LogP contribution is -2.48. The molecule has 1 aliphatic heterocycles. The van der Waals surface area contributed by atoms with E-state index in [1.54, 1.807) is 0 Å². The van der Waals surface area contributed by atoms with Gasteiger partial charge in [-0.3, -0.25) is 9.78 Å². The number of carbonyl (C=O) groups excluding carboxylic acids is 2. The number of morpholine rings is 1. The minimum Gasteiger partial charge on any atom is -0.453 e. The van der Waals surface area contributed by atoms with Crippen molar-refractivity contribution in [3.8, 4) is 0 Å². The highest BCUT2D eigenvalue weighted by Gasteiger charge is 2.34. The molecule has 6 rings (SSSR count). The summed E-state index contributed by atoms with van der Waals surface area (Å²) < 4.78 is 81.0. The second-order valence-corrected chi connectivity index (χ2v) is 11.7. The van der Waals surface area contributed by atoms with Crippen LogP contribution in [0.25, 0.3) is 11.0 Å². The van der Waals surface area contributed by atoms with Crippen LogP contribution in [-0.2, 0) is 20.7 Å². The zero-order valence-electron chi connectivity index (χ0n) is 26.5. The molecular weight excluding hydrogens is 663 g/mol. The number of methoxy groups -OCH3 is 1. The van der Waals surface area contributed by atoms with E-state index in [0.717, 1.165) is 25.4 Å². The lowest BCUT2D eigenvalue weighted by atomic mass is 9.84. The smallest absolute Gasteiger partial charge is 0.407 e. The molecule has 1 fully saturated rings. The van der Waals surface area contributed by atoms with Crippen molar-refractivity contribution in [2.24, 2.45) is 0 Å². The van der Waals surface area contributed by atoms with E-state index in [0.29, 0.717) is 35.4 Å². The summed E-state index contributed by atoms with van der Waals surface area (Å²) in [5, 5.41) is 8.47. The Bertz CT molecular complexity index is 1900. The van der Waals surface area contributed by atoms with E-state index in [-0.39, 0.29) is 41.9 Å². The predicted molar refractivity (Wildman–Crippen MR) is 172 cm³/mol. The van der Waals surface area contributed by atoms with Crippen molar-refractivity contribution in [3.05, 3.63) is 125 Å². The summed E-state index contributed by atoms with van der Waals surface area (Å²) >= 11 is 0. The van der Waals surface area contributed by atoms with Crippen molar-refractivity contribution < 1.29 is 41.0 Å². The fourth-order valence-corrected chi connectivity index (χ4v) is 5.92. The number of alkyl carbamates (subject to hydrolysis) is 1. The molecule has 4 N–H and O–H groups in total. The highest BCUT2D eigenvalue weighted by atomic mass is 19.2. The number of amides is 2. The number of halogens is 5. The Labute approximate surface area is 282 Å². The molecule has 1 saturated heterocycles. The van der Waals surface area contributed by atoms with Crippen LogP contribution in [0.5, 0.6) is 0 Å². The van der Waals surface area contributed by atoms with Gasteiger partial charge >= 0.3 is 6.09 Å². The summed E-state index contributed by atoms with van der Waals surface area (Å²) in [6, 6.07) is 10.8. The second kappa shape index (κ2) is 15.0. The van der Waals surface area contributed by atoms with Gasteiger partial charge in [-0.15, -0.1) is 0 Å². The van der Waals surface area contributed by atoms with Gasteiger partial charge in [0, 0.05) is 30.2 Å². The molecule has 3 aromatic carbocycles. The number of aromatic amines is 1. The number of pyridine rings is 1. The Morgan fingerprint density at radius 2 is 1.60 bits per heavy atom. The third-order valence-electron chi connectivity index (χ3n) is 8.47. The summed E-state index contributed by atoms with van der Waals surface area (Å²) in [5.74, 6) is -5.00. The molecule has 0 unspecified atom stereocenters. The molecule has 3 heterocycles. The van der Waals surface area contributed by atoms with Gasteiger partial charge in [0.1, 0.15) is 29.3 Å². The van der Waals surface area contributed by atoms with Gasteiger partial charge in [-0.2, -0.15) is 0 Å². The molecule has 15 heteroatoms. The number of hydrogen-bond donors (Lipinski definition) is 4. The van der Waals surface area contributed by atoms with Crippen LogP contribution in [0.3, 0.4) is 0 Å². The fourth-order valence-electron chi connectivity index (χ4n) is 5.92. The number of rotatable bonds is 10. The van der Waals surface area contributed by atoms with E-state index in [1.807, 2.05) is 0 Å². The average molecular weight is 695 g/mol. The Balaban J connectivity index is 1.18. The molecule has 3 atom stereocenters. The summed E-state index contributed by atoms with van der Waals surface area (Å²) in [6.07, 6.45) is 1.43. The summed E-state index contributed by atoms with van der Waals surface area (Å²) in [5.41, 5.74) is 1.65. The number of hydrogen-bond acceptors (Lipinski definition) is 7. The first-order chi connectivity index (χ1) is 24.1. The molecule has 0 saturated carbocycles. The first-order valence-corrected chi connectivity index (χ1v) is 15.6. The molecule has 5 aromatic rings. The number of ether oxygens (including phenoxy) is 2. The molecule has 1 aliphatic rings. The Morgan fingerprint density at radius 3 is 2.22 bits per heavy atom. The molecule has 260 valence electrons. The lowest BCUT2D eigenvalue weighted by molar-refractivity contribution is -0.118. The predicted octanol–water partition coefficient (Wildman–Crippen LogP) is 5.81. The maximum Gasteiger partial charge on any atom is 0.407 e. The van der Waals surface area contributed by atoms with Gasteiger partial charge in [-0.1, -0.05) is 24.3 Å². The minimum absolute atomic E-state index is 0.0482. The zero-order chi connectivity index (χ0) is 35.4. The van der Waals surface area contributed by atoms with E-state index < -0.39 is 53.0 Å². The number of aromatic nitrogens is 3. The zero-order valence-corrected chi connectivity index (χ0v) is 26.5. The van der Waals surface area contributed by atoms with E-state index in [4.69, 9.17) is 9.47 Å². The molecule has 10 nitrogen and oxygen atoms in total. The summed E-state index contributed by atoms with van der Waals surface area (Å²) in [7, 11) is 1.12. The molecule has 2 amide bonds. The number of nitrogens with one attached hydrogen (secondary N) is 4. The van der Waals surface area contributed by atoms with Crippen molar-refractivity contribution >= 4 is 28.7 Å². The van der Waals surface area contributed by atoms with Crippen LogP contribution in [0, 0.1) is 29.1 Å². The summed E-state index contributed by atoms with van der Waals surface area (Å²) in [4.78, 5) is 37.6. The standard InChI is InChI=1S/C35H31F5N6O4/c1-49-35(48)46-32(31(18-2-6-20(36)7-3-18)19-4-8-21(37)9-5-19)34(47)45-29-16-41-15-26(40)23(29)11-10-22-14-42-30(17-50-22)33-43-27-12-24(38)25(39)13-28(27)44-33/h2-9,12-13,15-16,22,30-32,42H,10-11,14,17H2,1H3,(H,43,44)(H,45,47)(H,46,48)/t22-,30+,32+/m1/s1. The molecule has 0 radical (unpaired) electrons. The monoisotopic (exact) mass is 694 g/mol. The van der Waals surface area contributed by atoms with Crippen LogP contribution in [0.2, 0.25) is 0 Å². The quantitative estimate of drug-likeness (QED) is 0.136. The molecule has 2 aromatic heterocycles. The number of fused-ring (bicyclic) bond motifs is 1. The number of benzene rings is 3. The van der Waals surface area contributed by atoms with Gasteiger partial charge in [0.25, 0.3) is 0 Å². The van der Waals surface area contributed by atoms with E-state index in [9.17, 15) is 27.2 Å². The number of carbonyl (C=O) groups is 2. The van der Waals surface area contributed by atoms with E-state index >= 15 is 4.39 Å². The second-order valence-electron chi connectivity index (χ2n) is 11.7. The highest BCUT2D eigenvalue weighted by molar-refractivity contribution is 5.98.